The van der Waals surface area contributed by atoms with E-state index in [0.717, 1.165) is 50.0 Å². The van der Waals surface area contributed by atoms with Crippen LogP contribution >= 0.6 is 24.0 Å². The van der Waals surface area contributed by atoms with Gasteiger partial charge in [-0.1, -0.05) is 25.1 Å². The Morgan fingerprint density at radius 1 is 1.26 bits per heavy atom. The smallest absolute Gasteiger partial charge is 0.193 e. The Morgan fingerprint density at radius 3 is 2.52 bits per heavy atom. The molecule has 0 aliphatic carbocycles. The molecule has 0 bridgehead atoms. The van der Waals surface area contributed by atoms with Crippen molar-refractivity contribution in [2.24, 2.45) is 4.99 Å². The molecule has 6 nitrogen and oxygen atoms in total. The molecule has 2 rings (SSSR count). The van der Waals surface area contributed by atoms with E-state index in [-0.39, 0.29) is 24.0 Å². The lowest BCUT2D eigenvalue weighted by molar-refractivity contribution is 0.107. The number of hydrogen-bond acceptors (Lipinski definition) is 4. The molecular weight excluding hydrogens is 453 g/mol. The van der Waals surface area contributed by atoms with E-state index < -0.39 is 0 Å². The Labute approximate surface area is 182 Å². The van der Waals surface area contributed by atoms with Crippen molar-refractivity contribution in [1.82, 2.24) is 20.0 Å². The van der Waals surface area contributed by atoms with Gasteiger partial charge in [-0.25, -0.2) is 0 Å². The molecule has 1 heterocycles. The van der Waals surface area contributed by atoms with E-state index in [1.807, 2.05) is 25.2 Å². The number of rotatable bonds is 7. The van der Waals surface area contributed by atoms with E-state index in [1.54, 1.807) is 7.11 Å². The van der Waals surface area contributed by atoms with Gasteiger partial charge < -0.3 is 19.9 Å². The van der Waals surface area contributed by atoms with E-state index in [9.17, 15) is 0 Å². The van der Waals surface area contributed by atoms with Crippen LogP contribution in [0.2, 0.25) is 0 Å². The standard InChI is InChI=1S/C20H35N5O.HI/c1-6-24-11-13-25(14-12-24)17(2)15-22-20(21-3)23(4)16-18-9-7-8-10-19(18)26-5;/h7-10,17H,6,11-16H2,1-5H3,(H,21,22);1H. The summed E-state index contributed by atoms with van der Waals surface area (Å²) in [5.41, 5.74) is 1.16. The topological polar surface area (TPSA) is 43.3 Å². The first-order valence-corrected chi connectivity index (χ1v) is 9.59. The molecule has 154 valence electrons. The maximum atomic E-state index is 5.46. The van der Waals surface area contributed by atoms with Crippen LogP contribution in [-0.4, -0.2) is 87.2 Å². The number of methoxy groups -OCH3 is 1. The number of halogens is 1. The highest BCUT2D eigenvalue weighted by atomic mass is 127. The number of para-hydroxylation sites is 1. The number of aliphatic imine (C=N–C) groups is 1. The van der Waals surface area contributed by atoms with Gasteiger partial charge in [0.25, 0.3) is 0 Å². The zero-order chi connectivity index (χ0) is 18.9. The highest BCUT2D eigenvalue weighted by Gasteiger charge is 2.20. The average Bonchev–Trinajstić information content (AvgIpc) is 2.68. The maximum absolute atomic E-state index is 5.46. The molecule has 1 N–H and O–H groups in total. The number of piperazine rings is 1. The summed E-state index contributed by atoms with van der Waals surface area (Å²) < 4.78 is 5.46. The Balaban J connectivity index is 0.00000364. The molecule has 0 radical (unpaired) electrons. The van der Waals surface area contributed by atoms with E-state index >= 15 is 0 Å². The van der Waals surface area contributed by atoms with Gasteiger partial charge in [-0.15, -0.1) is 24.0 Å². The fourth-order valence-corrected chi connectivity index (χ4v) is 3.44. The molecule has 1 aromatic carbocycles. The van der Waals surface area contributed by atoms with Crippen molar-refractivity contribution in [1.29, 1.82) is 0 Å². The van der Waals surface area contributed by atoms with Crippen molar-refractivity contribution in [3.05, 3.63) is 29.8 Å². The fraction of sp³-hybridized carbons (Fsp3) is 0.650. The van der Waals surface area contributed by atoms with Crippen molar-refractivity contribution >= 4 is 29.9 Å². The predicted molar refractivity (Wildman–Crippen MR) is 124 cm³/mol. The number of nitrogens with zero attached hydrogens (tertiary/aromatic N) is 4. The lowest BCUT2D eigenvalue weighted by Crippen LogP contribution is -2.53. The summed E-state index contributed by atoms with van der Waals surface area (Å²) >= 11 is 0. The lowest BCUT2D eigenvalue weighted by atomic mass is 10.2. The van der Waals surface area contributed by atoms with Gasteiger partial charge in [0.15, 0.2) is 5.96 Å². The molecule has 1 aromatic rings. The number of guanidine groups is 1. The summed E-state index contributed by atoms with van der Waals surface area (Å²) in [5.74, 6) is 1.83. The summed E-state index contributed by atoms with van der Waals surface area (Å²) in [5, 5.41) is 3.53. The third-order valence-electron chi connectivity index (χ3n) is 5.21. The molecule has 1 unspecified atom stereocenters. The van der Waals surface area contributed by atoms with Crippen LogP contribution in [0.25, 0.3) is 0 Å². The van der Waals surface area contributed by atoms with Gasteiger partial charge in [0.05, 0.1) is 7.11 Å². The SMILES string of the molecule is CCN1CCN(C(C)CNC(=NC)N(C)Cc2ccccc2OC)CC1.I. The zero-order valence-corrected chi connectivity index (χ0v) is 19.8. The second-order valence-electron chi connectivity index (χ2n) is 6.92. The summed E-state index contributed by atoms with van der Waals surface area (Å²) in [6.07, 6.45) is 0. The van der Waals surface area contributed by atoms with Gasteiger partial charge in [-0.05, 0) is 19.5 Å². The highest BCUT2D eigenvalue weighted by molar-refractivity contribution is 14.0. The molecule has 7 heteroatoms. The molecule has 1 aliphatic heterocycles. The monoisotopic (exact) mass is 489 g/mol. The Morgan fingerprint density at radius 2 is 1.93 bits per heavy atom. The zero-order valence-electron chi connectivity index (χ0n) is 17.4. The summed E-state index contributed by atoms with van der Waals surface area (Å²) in [4.78, 5) is 11.7. The number of benzene rings is 1. The minimum Gasteiger partial charge on any atom is -0.496 e. The van der Waals surface area contributed by atoms with Gasteiger partial charge in [-0.2, -0.15) is 0 Å². The Bertz CT molecular complexity index is 575. The van der Waals surface area contributed by atoms with E-state index in [1.165, 1.54) is 13.1 Å². The fourth-order valence-electron chi connectivity index (χ4n) is 3.44. The minimum absolute atomic E-state index is 0. The predicted octanol–water partition coefficient (Wildman–Crippen LogP) is 2.35. The Kier molecular flexibility index (Phi) is 11.0. The third-order valence-corrected chi connectivity index (χ3v) is 5.21. The average molecular weight is 489 g/mol. The first-order valence-electron chi connectivity index (χ1n) is 9.59. The van der Waals surface area contributed by atoms with Gasteiger partial charge in [0, 0.05) is 65.0 Å². The first kappa shape index (κ1) is 24.0. The van der Waals surface area contributed by atoms with E-state index in [2.05, 4.69) is 52.0 Å². The highest BCUT2D eigenvalue weighted by Crippen LogP contribution is 2.18. The van der Waals surface area contributed by atoms with E-state index in [0.29, 0.717) is 6.04 Å². The van der Waals surface area contributed by atoms with Gasteiger partial charge >= 0.3 is 0 Å². The van der Waals surface area contributed by atoms with Crippen LogP contribution in [0.15, 0.2) is 29.3 Å². The molecule has 0 saturated carbocycles. The lowest BCUT2D eigenvalue weighted by Gasteiger charge is -2.38. The molecular formula is C20H36IN5O. The maximum Gasteiger partial charge on any atom is 0.193 e. The third kappa shape index (κ3) is 7.12. The molecule has 0 amide bonds. The van der Waals surface area contributed by atoms with Crippen molar-refractivity contribution in [3.8, 4) is 5.75 Å². The summed E-state index contributed by atoms with van der Waals surface area (Å²) in [7, 11) is 5.62. The van der Waals surface area contributed by atoms with E-state index in [4.69, 9.17) is 4.74 Å². The van der Waals surface area contributed by atoms with Crippen molar-refractivity contribution in [2.75, 3.05) is 60.5 Å². The van der Waals surface area contributed by atoms with Crippen LogP contribution in [0.3, 0.4) is 0 Å². The largest absolute Gasteiger partial charge is 0.496 e. The van der Waals surface area contributed by atoms with Gasteiger partial charge in [0.1, 0.15) is 5.75 Å². The molecule has 27 heavy (non-hydrogen) atoms. The van der Waals surface area contributed by atoms with Crippen LogP contribution in [0.5, 0.6) is 5.75 Å². The number of likely N-dealkylation sites (N-methyl/N-ethyl adjacent to an activating group) is 1. The molecule has 1 aliphatic rings. The molecule has 1 atom stereocenters. The number of nitrogens with one attached hydrogen (secondary N) is 1. The molecule has 1 fully saturated rings. The minimum atomic E-state index is 0. The molecule has 1 saturated heterocycles. The normalized spacial score (nSPS) is 17.1. The van der Waals surface area contributed by atoms with Crippen molar-refractivity contribution < 1.29 is 4.74 Å². The number of ether oxygens (including phenoxy) is 1. The van der Waals surface area contributed by atoms with Gasteiger partial charge in [0.2, 0.25) is 0 Å². The van der Waals surface area contributed by atoms with Crippen LogP contribution in [0.1, 0.15) is 19.4 Å². The molecule has 0 spiro atoms. The summed E-state index contributed by atoms with van der Waals surface area (Å²) in [6.45, 7) is 12.0. The van der Waals surface area contributed by atoms with Crippen LogP contribution in [0.4, 0.5) is 0 Å². The quantitative estimate of drug-likeness (QED) is 0.362. The molecule has 0 aromatic heterocycles. The second-order valence-corrected chi connectivity index (χ2v) is 6.92. The van der Waals surface area contributed by atoms with Crippen LogP contribution in [0, 0.1) is 0 Å². The second kappa shape index (κ2) is 12.4. The summed E-state index contributed by atoms with van der Waals surface area (Å²) in [6, 6.07) is 8.62. The van der Waals surface area contributed by atoms with Crippen LogP contribution in [-0.2, 0) is 6.54 Å². The Hall–Kier alpha value is -1.06. The van der Waals surface area contributed by atoms with Crippen molar-refractivity contribution in [2.45, 2.75) is 26.4 Å². The van der Waals surface area contributed by atoms with Gasteiger partial charge in [-0.3, -0.25) is 9.89 Å². The number of hydrogen-bond donors (Lipinski definition) is 1. The van der Waals surface area contributed by atoms with Crippen molar-refractivity contribution in [3.63, 3.8) is 0 Å². The van der Waals surface area contributed by atoms with Crippen LogP contribution < -0.4 is 10.1 Å². The first-order chi connectivity index (χ1) is 12.6.